The summed E-state index contributed by atoms with van der Waals surface area (Å²) in [4.78, 5) is 41.4. The number of hydrogen-bond donors (Lipinski definition) is 3. The predicted octanol–water partition coefficient (Wildman–Crippen LogP) is 0.634. The molecular weight excluding hydrogens is 350 g/mol. The molecule has 2 atom stereocenters. The van der Waals surface area contributed by atoms with Crippen molar-refractivity contribution in [3.05, 3.63) is 23.1 Å². The number of urea groups is 1. The minimum Gasteiger partial charge on any atom is -0.491 e. The van der Waals surface area contributed by atoms with Crippen LogP contribution in [0.4, 0.5) is 4.79 Å². The molecule has 0 aliphatic carbocycles. The number of rotatable bonds is 7. The van der Waals surface area contributed by atoms with Crippen molar-refractivity contribution in [2.45, 2.75) is 40.2 Å². The molecule has 9 nitrogen and oxygen atoms in total. The summed E-state index contributed by atoms with van der Waals surface area (Å²) in [6.45, 7) is 9.13. The zero-order valence-electron chi connectivity index (χ0n) is 16.2. The summed E-state index contributed by atoms with van der Waals surface area (Å²) in [5.41, 5.74) is 7.03. The van der Waals surface area contributed by atoms with E-state index in [4.69, 9.17) is 10.5 Å². The molecule has 1 fully saturated rings. The van der Waals surface area contributed by atoms with Crippen molar-refractivity contribution in [1.82, 2.24) is 15.5 Å². The second kappa shape index (κ2) is 8.70. The zero-order valence-corrected chi connectivity index (χ0v) is 16.2. The zero-order chi connectivity index (χ0) is 20.1. The van der Waals surface area contributed by atoms with Crippen LogP contribution in [0.1, 0.15) is 34.1 Å². The summed E-state index contributed by atoms with van der Waals surface area (Å²) >= 11 is 0. The molecular formula is C18H27N5O4. The topological polar surface area (TPSA) is 126 Å². The lowest BCUT2D eigenvalue weighted by molar-refractivity contribution is -0.122. The molecule has 27 heavy (non-hydrogen) atoms. The average molecular weight is 377 g/mol. The summed E-state index contributed by atoms with van der Waals surface area (Å²) in [5.74, 6) is 0.0677. The third-order valence-corrected chi connectivity index (χ3v) is 4.69. The fraction of sp³-hybridized carbons (Fsp3) is 0.556. The van der Waals surface area contributed by atoms with Gasteiger partial charge in [0.15, 0.2) is 6.04 Å². The Bertz CT molecular complexity index is 725. The molecule has 0 aromatic rings. The molecule has 2 rings (SSSR count). The van der Waals surface area contributed by atoms with Gasteiger partial charge in [0, 0.05) is 19.2 Å². The third kappa shape index (κ3) is 4.87. The first-order valence-electron chi connectivity index (χ1n) is 9.01. The van der Waals surface area contributed by atoms with Gasteiger partial charge in [0.05, 0.1) is 11.6 Å². The summed E-state index contributed by atoms with van der Waals surface area (Å²) in [6, 6.07) is -1.39. The second-order valence-corrected chi connectivity index (χ2v) is 6.60. The van der Waals surface area contributed by atoms with Crippen LogP contribution in [0.25, 0.3) is 0 Å². The molecule has 2 unspecified atom stereocenters. The van der Waals surface area contributed by atoms with E-state index in [1.54, 1.807) is 6.08 Å². The number of amides is 4. The molecule has 2 aliphatic heterocycles. The van der Waals surface area contributed by atoms with Crippen LogP contribution in [-0.4, -0.2) is 54.3 Å². The van der Waals surface area contributed by atoms with E-state index < -0.39 is 18.0 Å². The molecule has 0 aromatic heterocycles. The van der Waals surface area contributed by atoms with Crippen LogP contribution in [0.3, 0.4) is 0 Å². The molecule has 0 radical (unpaired) electrons. The smallest absolute Gasteiger partial charge is 0.322 e. The number of aliphatic imine (C=N–C) groups is 1. The van der Waals surface area contributed by atoms with Crippen molar-refractivity contribution in [3.63, 3.8) is 0 Å². The SMILES string of the molecule is CCC(CN(CC)C(C)=NC1=C(C)COC(C2NC(=O)NC2=O)=C1)C(N)=O. The van der Waals surface area contributed by atoms with Crippen LogP contribution in [0.15, 0.2) is 28.1 Å². The standard InChI is InChI=1S/C18H27N5O4/c1-5-12(16(19)24)8-23(6-2)11(4)20-13-7-14(27-9-10(13)3)15-17(25)22-18(26)21-15/h7,12,15H,5-6,8-9H2,1-4H3,(H2,19,24)(H2,21,22,25,26). The first-order valence-corrected chi connectivity index (χ1v) is 9.01. The van der Waals surface area contributed by atoms with Crippen LogP contribution < -0.4 is 16.4 Å². The van der Waals surface area contributed by atoms with Crippen LogP contribution in [0.2, 0.25) is 0 Å². The quantitative estimate of drug-likeness (QED) is 0.341. The summed E-state index contributed by atoms with van der Waals surface area (Å²) in [7, 11) is 0. The van der Waals surface area contributed by atoms with Gasteiger partial charge in [0.1, 0.15) is 18.2 Å². The van der Waals surface area contributed by atoms with Crippen LogP contribution in [0.5, 0.6) is 0 Å². The molecule has 0 bridgehead atoms. The number of carbonyl (C=O) groups excluding carboxylic acids is 3. The van der Waals surface area contributed by atoms with Gasteiger partial charge in [-0.2, -0.15) is 0 Å². The van der Waals surface area contributed by atoms with Gasteiger partial charge < -0.3 is 20.7 Å². The molecule has 148 valence electrons. The highest BCUT2D eigenvalue weighted by Gasteiger charge is 2.35. The van der Waals surface area contributed by atoms with Gasteiger partial charge in [-0.15, -0.1) is 0 Å². The number of imide groups is 1. The minimum absolute atomic E-state index is 0.247. The Balaban J connectivity index is 2.22. The number of nitrogens with two attached hydrogens (primary N) is 1. The lowest BCUT2D eigenvalue weighted by Gasteiger charge is -2.27. The molecule has 0 spiro atoms. The number of primary amides is 1. The predicted molar refractivity (Wildman–Crippen MR) is 101 cm³/mol. The van der Waals surface area contributed by atoms with Crippen molar-refractivity contribution >= 4 is 23.7 Å². The van der Waals surface area contributed by atoms with Gasteiger partial charge in [-0.25, -0.2) is 9.79 Å². The van der Waals surface area contributed by atoms with Gasteiger partial charge in [0.2, 0.25) is 5.91 Å². The normalized spacial score (nSPS) is 21.3. The number of nitrogens with one attached hydrogen (secondary N) is 2. The van der Waals surface area contributed by atoms with E-state index in [1.807, 2.05) is 32.6 Å². The Labute approximate surface area is 158 Å². The van der Waals surface area contributed by atoms with Crippen molar-refractivity contribution in [2.75, 3.05) is 19.7 Å². The van der Waals surface area contributed by atoms with E-state index in [2.05, 4.69) is 15.6 Å². The largest absolute Gasteiger partial charge is 0.491 e. The van der Waals surface area contributed by atoms with E-state index in [9.17, 15) is 14.4 Å². The fourth-order valence-electron chi connectivity index (χ4n) is 2.90. The number of carbonyl (C=O) groups is 3. The molecule has 9 heteroatoms. The Morgan fingerprint density at radius 3 is 2.67 bits per heavy atom. The number of nitrogens with zero attached hydrogens (tertiary/aromatic N) is 2. The van der Waals surface area contributed by atoms with Crippen LogP contribution in [0, 0.1) is 5.92 Å². The highest BCUT2D eigenvalue weighted by molar-refractivity contribution is 6.05. The number of ether oxygens (including phenoxy) is 1. The van der Waals surface area contributed by atoms with Gasteiger partial charge in [0.25, 0.3) is 5.91 Å². The van der Waals surface area contributed by atoms with Crippen molar-refractivity contribution < 1.29 is 19.1 Å². The van der Waals surface area contributed by atoms with Gasteiger partial charge >= 0.3 is 6.03 Å². The number of amidine groups is 1. The van der Waals surface area contributed by atoms with E-state index in [0.717, 1.165) is 11.4 Å². The van der Waals surface area contributed by atoms with E-state index in [1.165, 1.54) is 0 Å². The molecule has 2 aliphatic rings. The lowest BCUT2D eigenvalue weighted by Crippen LogP contribution is -2.38. The van der Waals surface area contributed by atoms with Gasteiger partial charge in [-0.3, -0.25) is 14.9 Å². The Morgan fingerprint density at radius 1 is 1.44 bits per heavy atom. The average Bonchev–Trinajstić information content (AvgIpc) is 2.95. The summed E-state index contributed by atoms with van der Waals surface area (Å²) in [5, 5.41) is 4.70. The van der Waals surface area contributed by atoms with Crippen LogP contribution in [-0.2, 0) is 14.3 Å². The van der Waals surface area contributed by atoms with E-state index in [0.29, 0.717) is 31.0 Å². The monoisotopic (exact) mass is 377 g/mol. The highest BCUT2D eigenvalue weighted by atomic mass is 16.5. The lowest BCUT2D eigenvalue weighted by atomic mass is 10.1. The molecule has 0 aromatic carbocycles. The van der Waals surface area contributed by atoms with Crippen molar-refractivity contribution in [3.8, 4) is 0 Å². The molecule has 1 saturated heterocycles. The van der Waals surface area contributed by atoms with E-state index in [-0.39, 0.29) is 18.4 Å². The van der Waals surface area contributed by atoms with Gasteiger partial charge in [-0.05, 0) is 32.8 Å². The van der Waals surface area contributed by atoms with Gasteiger partial charge in [-0.1, -0.05) is 6.92 Å². The van der Waals surface area contributed by atoms with Crippen molar-refractivity contribution in [1.29, 1.82) is 0 Å². The maximum absolute atomic E-state index is 11.8. The van der Waals surface area contributed by atoms with Crippen LogP contribution >= 0.6 is 0 Å². The Kier molecular flexibility index (Phi) is 6.59. The molecule has 0 saturated carbocycles. The summed E-state index contributed by atoms with van der Waals surface area (Å²) in [6.07, 6.45) is 2.33. The Hall–Kier alpha value is -2.84. The first-order chi connectivity index (χ1) is 12.8. The fourth-order valence-corrected chi connectivity index (χ4v) is 2.90. The molecule has 2 heterocycles. The summed E-state index contributed by atoms with van der Waals surface area (Å²) < 4.78 is 5.59. The second-order valence-electron chi connectivity index (χ2n) is 6.60. The molecule has 4 amide bonds. The van der Waals surface area contributed by atoms with E-state index >= 15 is 0 Å². The maximum Gasteiger partial charge on any atom is 0.322 e. The first kappa shape index (κ1) is 20.5. The van der Waals surface area contributed by atoms with Crippen molar-refractivity contribution in [2.24, 2.45) is 16.6 Å². The maximum atomic E-state index is 11.8. The highest BCUT2D eigenvalue weighted by Crippen LogP contribution is 2.22. The number of hydrogen-bond acceptors (Lipinski definition) is 5. The number of allylic oxidation sites excluding steroid dienone is 1. The molecule has 4 N–H and O–H groups in total. The minimum atomic E-state index is -0.849. The Morgan fingerprint density at radius 2 is 2.15 bits per heavy atom. The third-order valence-electron chi connectivity index (χ3n) is 4.69.